The smallest absolute Gasteiger partial charge is 0.323 e. The van der Waals surface area contributed by atoms with Crippen LogP contribution in [0.1, 0.15) is 19.4 Å². The van der Waals surface area contributed by atoms with Gasteiger partial charge in [-0.15, -0.1) is 0 Å². The molecular formula is C15H21NO5. The summed E-state index contributed by atoms with van der Waals surface area (Å²) in [6.45, 7) is 3.27. The SMILES string of the molecule is COc1ccc(CC(=O)N(CC(=O)O)C(C)C)cc1OC. The standard InChI is InChI=1S/C15H21NO5/c1-10(2)16(9-15(18)19)14(17)8-11-5-6-12(20-3)13(7-11)21-4/h5-7,10H,8-9H2,1-4H3,(H,18,19). The van der Waals surface area contributed by atoms with Crippen molar-refractivity contribution in [3.05, 3.63) is 23.8 Å². The number of carboxylic acids is 1. The summed E-state index contributed by atoms with van der Waals surface area (Å²) in [7, 11) is 3.06. The maximum absolute atomic E-state index is 12.2. The molecule has 0 saturated heterocycles. The molecule has 0 fully saturated rings. The molecule has 0 radical (unpaired) electrons. The zero-order valence-electron chi connectivity index (χ0n) is 12.8. The maximum atomic E-state index is 12.2. The Balaban J connectivity index is 2.88. The van der Waals surface area contributed by atoms with Crippen LogP contribution in [0.2, 0.25) is 0 Å². The molecule has 0 aromatic heterocycles. The minimum absolute atomic E-state index is 0.117. The van der Waals surface area contributed by atoms with Crippen LogP contribution in [0.4, 0.5) is 0 Å². The van der Waals surface area contributed by atoms with Gasteiger partial charge in [0.05, 0.1) is 20.6 Å². The van der Waals surface area contributed by atoms with Crippen LogP contribution in [0.3, 0.4) is 0 Å². The molecule has 6 nitrogen and oxygen atoms in total. The van der Waals surface area contributed by atoms with Crippen molar-refractivity contribution in [1.29, 1.82) is 0 Å². The molecule has 0 aliphatic rings. The van der Waals surface area contributed by atoms with E-state index in [1.54, 1.807) is 32.0 Å². The molecule has 0 aliphatic heterocycles. The number of methoxy groups -OCH3 is 2. The van der Waals surface area contributed by atoms with Crippen LogP contribution >= 0.6 is 0 Å². The lowest BCUT2D eigenvalue weighted by molar-refractivity contribution is -0.145. The highest BCUT2D eigenvalue weighted by atomic mass is 16.5. The van der Waals surface area contributed by atoms with E-state index in [1.165, 1.54) is 19.1 Å². The normalized spacial score (nSPS) is 10.3. The van der Waals surface area contributed by atoms with E-state index in [4.69, 9.17) is 14.6 Å². The van der Waals surface area contributed by atoms with Gasteiger partial charge in [0.1, 0.15) is 6.54 Å². The van der Waals surface area contributed by atoms with Gasteiger partial charge in [0, 0.05) is 6.04 Å². The minimum atomic E-state index is -1.02. The number of rotatable bonds is 7. The van der Waals surface area contributed by atoms with Gasteiger partial charge in [-0.25, -0.2) is 0 Å². The molecule has 0 atom stereocenters. The van der Waals surface area contributed by atoms with Crippen molar-refractivity contribution in [2.75, 3.05) is 20.8 Å². The highest BCUT2D eigenvalue weighted by molar-refractivity contribution is 5.83. The molecule has 1 rings (SSSR count). The number of hydrogen-bond acceptors (Lipinski definition) is 4. The van der Waals surface area contributed by atoms with Crippen molar-refractivity contribution in [1.82, 2.24) is 4.90 Å². The molecular weight excluding hydrogens is 274 g/mol. The third-order valence-corrected chi connectivity index (χ3v) is 3.05. The molecule has 0 bridgehead atoms. The average Bonchev–Trinajstić information content (AvgIpc) is 2.43. The molecule has 6 heteroatoms. The summed E-state index contributed by atoms with van der Waals surface area (Å²) < 4.78 is 10.3. The minimum Gasteiger partial charge on any atom is -0.493 e. The van der Waals surface area contributed by atoms with Gasteiger partial charge >= 0.3 is 5.97 Å². The number of amides is 1. The van der Waals surface area contributed by atoms with Crippen molar-refractivity contribution in [3.63, 3.8) is 0 Å². The van der Waals surface area contributed by atoms with Gasteiger partial charge in [-0.2, -0.15) is 0 Å². The summed E-state index contributed by atoms with van der Waals surface area (Å²) >= 11 is 0. The molecule has 1 amide bonds. The second kappa shape index (κ2) is 7.52. The Morgan fingerprint density at radius 1 is 1.19 bits per heavy atom. The lowest BCUT2D eigenvalue weighted by Gasteiger charge is -2.25. The van der Waals surface area contributed by atoms with Gasteiger partial charge in [0.2, 0.25) is 5.91 Å². The molecule has 0 unspecified atom stereocenters. The molecule has 1 aromatic carbocycles. The third kappa shape index (κ3) is 4.66. The molecule has 1 N–H and O–H groups in total. The first-order valence-corrected chi connectivity index (χ1v) is 6.61. The summed E-state index contributed by atoms with van der Waals surface area (Å²) in [5.74, 6) is -0.138. The number of hydrogen-bond donors (Lipinski definition) is 1. The van der Waals surface area contributed by atoms with Crippen molar-refractivity contribution < 1.29 is 24.2 Å². The fourth-order valence-corrected chi connectivity index (χ4v) is 1.97. The fraction of sp³-hybridized carbons (Fsp3) is 0.467. The maximum Gasteiger partial charge on any atom is 0.323 e. The Kier molecular flexibility index (Phi) is 6.02. The second-order valence-corrected chi connectivity index (χ2v) is 4.88. The van der Waals surface area contributed by atoms with E-state index in [9.17, 15) is 9.59 Å². The number of ether oxygens (including phenoxy) is 2. The van der Waals surface area contributed by atoms with Crippen LogP contribution in [-0.2, 0) is 16.0 Å². The van der Waals surface area contributed by atoms with Gasteiger partial charge in [-0.3, -0.25) is 9.59 Å². The van der Waals surface area contributed by atoms with Crippen molar-refractivity contribution in [2.24, 2.45) is 0 Å². The third-order valence-electron chi connectivity index (χ3n) is 3.05. The molecule has 0 aliphatic carbocycles. The zero-order valence-corrected chi connectivity index (χ0v) is 12.8. The van der Waals surface area contributed by atoms with E-state index >= 15 is 0 Å². The second-order valence-electron chi connectivity index (χ2n) is 4.88. The number of nitrogens with zero attached hydrogens (tertiary/aromatic N) is 1. The lowest BCUT2D eigenvalue weighted by atomic mass is 10.1. The first-order chi connectivity index (χ1) is 9.88. The summed E-state index contributed by atoms with van der Waals surface area (Å²) in [6, 6.07) is 5.03. The van der Waals surface area contributed by atoms with E-state index in [0.717, 1.165) is 5.56 Å². The van der Waals surface area contributed by atoms with Crippen LogP contribution in [0.5, 0.6) is 11.5 Å². The van der Waals surface area contributed by atoms with E-state index in [1.807, 2.05) is 0 Å². The molecule has 116 valence electrons. The Bertz CT molecular complexity index is 513. The summed E-state index contributed by atoms with van der Waals surface area (Å²) in [5.41, 5.74) is 0.744. The van der Waals surface area contributed by atoms with Crippen LogP contribution in [0.25, 0.3) is 0 Å². The first-order valence-electron chi connectivity index (χ1n) is 6.61. The van der Waals surface area contributed by atoms with Gasteiger partial charge in [-0.1, -0.05) is 6.07 Å². The number of benzene rings is 1. The highest BCUT2D eigenvalue weighted by Gasteiger charge is 2.20. The van der Waals surface area contributed by atoms with E-state index in [2.05, 4.69) is 0 Å². The number of carbonyl (C=O) groups excluding carboxylic acids is 1. The van der Waals surface area contributed by atoms with Crippen molar-refractivity contribution in [3.8, 4) is 11.5 Å². The molecule has 0 saturated carbocycles. The van der Waals surface area contributed by atoms with Gasteiger partial charge in [0.15, 0.2) is 11.5 Å². The Morgan fingerprint density at radius 3 is 2.29 bits per heavy atom. The number of aliphatic carboxylic acids is 1. The quantitative estimate of drug-likeness (QED) is 0.826. The molecule has 0 heterocycles. The Labute approximate surface area is 124 Å². The predicted molar refractivity (Wildman–Crippen MR) is 77.7 cm³/mol. The van der Waals surface area contributed by atoms with Crippen LogP contribution < -0.4 is 9.47 Å². The van der Waals surface area contributed by atoms with Crippen molar-refractivity contribution >= 4 is 11.9 Å². The first kappa shape index (κ1) is 16.8. The lowest BCUT2D eigenvalue weighted by Crippen LogP contribution is -2.41. The zero-order chi connectivity index (χ0) is 16.0. The highest BCUT2D eigenvalue weighted by Crippen LogP contribution is 2.27. The van der Waals surface area contributed by atoms with Crippen LogP contribution in [0.15, 0.2) is 18.2 Å². The summed E-state index contributed by atoms with van der Waals surface area (Å²) in [5, 5.41) is 8.87. The summed E-state index contributed by atoms with van der Waals surface area (Å²) in [6.07, 6.45) is 0.117. The molecule has 1 aromatic rings. The Morgan fingerprint density at radius 2 is 1.81 bits per heavy atom. The predicted octanol–water partition coefficient (Wildman–Crippen LogP) is 1.57. The van der Waals surface area contributed by atoms with E-state index < -0.39 is 5.97 Å². The Hall–Kier alpha value is -2.24. The van der Waals surface area contributed by atoms with Crippen molar-refractivity contribution in [2.45, 2.75) is 26.3 Å². The van der Waals surface area contributed by atoms with Crippen LogP contribution in [-0.4, -0.2) is 48.7 Å². The van der Waals surface area contributed by atoms with E-state index in [0.29, 0.717) is 11.5 Å². The average molecular weight is 295 g/mol. The number of carboxylic acid groups (broad SMARTS) is 1. The topological polar surface area (TPSA) is 76.1 Å². The monoisotopic (exact) mass is 295 g/mol. The van der Waals surface area contributed by atoms with Gasteiger partial charge in [0.25, 0.3) is 0 Å². The fourth-order valence-electron chi connectivity index (χ4n) is 1.97. The van der Waals surface area contributed by atoms with Crippen LogP contribution in [0, 0.1) is 0 Å². The summed E-state index contributed by atoms with van der Waals surface area (Å²) in [4.78, 5) is 24.4. The van der Waals surface area contributed by atoms with E-state index in [-0.39, 0.29) is 24.9 Å². The number of carbonyl (C=O) groups is 2. The largest absolute Gasteiger partial charge is 0.493 e. The molecule has 21 heavy (non-hydrogen) atoms. The van der Waals surface area contributed by atoms with Gasteiger partial charge in [-0.05, 0) is 31.5 Å². The van der Waals surface area contributed by atoms with Gasteiger partial charge < -0.3 is 19.5 Å². The molecule has 0 spiro atoms.